The lowest BCUT2D eigenvalue weighted by Gasteiger charge is -2.46. The van der Waals surface area contributed by atoms with Crippen molar-refractivity contribution in [2.45, 2.75) is 68.5 Å². The summed E-state index contributed by atoms with van der Waals surface area (Å²) < 4.78 is 16.7. The van der Waals surface area contributed by atoms with Crippen LogP contribution < -0.4 is 10.1 Å². The van der Waals surface area contributed by atoms with Crippen LogP contribution in [0.3, 0.4) is 0 Å². The van der Waals surface area contributed by atoms with Gasteiger partial charge in [0.1, 0.15) is 36.3 Å². The second-order valence-corrected chi connectivity index (χ2v) is 8.30. The smallest absolute Gasteiger partial charge is 0.229 e. The number of carbonyl (C=O) groups is 1. The van der Waals surface area contributed by atoms with Crippen molar-refractivity contribution < 1.29 is 54.8 Å². The van der Waals surface area contributed by atoms with E-state index in [9.17, 15) is 40.5 Å². The van der Waals surface area contributed by atoms with Crippen LogP contribution >= 0.6 is 0 Å². The predicted molar refractivity (Wildman–Crippen MR) is 111 cm³/mol. The van der Waals surface area contributed by atoms with Crippen LogP contribution in [0, 0.1) is 5.92 Å². The Morgan fingerprint density at radius 1 is 0.848 bits per heavy atom. The minimum Gasteiger partial charge on any atom is -0.462 e. The lowest BCUT2D eigenvalue weighted by atomic mass is 9.81. The van der Waals surface area contributed by atoms with Crippen molar-refractivity contribution in [2.75, 3.05) is 18.5 Å². The highest BCUT2D eigenvalue weighted by Crippen LogP contribution is 2.34. The molecule has 186 valence electrons. The highest BCUT2D eigenvalue weighted by atomic mass is 16.7. The summed E-state index contributed by atoms with van der Waals surface area (Å²) in [6.07, 6.45) is -12.3. The summed E-state index contributed by atoms with van der Waals surface area (Å²) in [5.74, 6) is -0.882. The number of aliphatic hydroxyl groups is 7. The summed E-state index contributed by atoms with van der Waals surface area (Å²) in [5.41, 5.74) is 0.535. The molecule has 33 heavy (non-hydrogen) atoms. The first kappa shape index (κ1) is 25.7. The number of rotatable bonds is 7. The number of nitrogens with one attached hydrogen (secondary N) is 1. The molecular weight excluding hydrogens is 442 g/mol. The van der Waals surface area contributed by atoms with Gasteiger partial charge in [-0.1, -0.05) is 0 Å². The van der Waals surface area contributed by atoms with Gasteiger partial charge < -0.3 is 55.3 Å². The van der Waals surface area contributed by atoms with Gasteiger partial charge in [-0.3, -0.25) is 4.79 Å². The fourth-order valence-electron chi connectivity index (χ4n) is 4.15. The van der Waals surface area contributed by atoms with Gasteiger partial charge in [0.15, 0.2) is 0 Å². The van der Waals surface area contributed by atoms with E-state index in [-0.39, 0.29) is 18.1 Å². The Hall–Kier alpha value is -1.87. The van der Waals surface area contributed by atoms with Crippen molar-refractivity contribution in [3.05, 3.63) is 24.3 Å². The number of hydrogen-bond donors (Lipinski definition) is 8. The number of hydrogen-bond acceptors (Lipinski definition) is 11. The van der Waals surface area contributed by atoms with Crippen LogP contribution in [0.4, 0.5) is 5.69 Å². The van der Waals surface area contributed by atoms with Crippen LogP contribution in [0.1, 0.15) is 13.3 Å². The van der Waals surface area contributed by atoms with Gasteiger partial charge in [-0.15, -0.1) is 0 Å². The van der Waals surface area contributed by atoms with E-state index in [1.165, 1.54) is 19.1 Å². The quantitative estimate of drug-likeness (QED) is 0.205. The number of amides is 1. The third kappa shape index (κ3) is 5.80. The van der Waals surface area contributed by atoms with E-state index in [0.29, 0.717) is 5.69 Å². The van der Waals surface area contributed by atoms with Crippen LogP contribution in [0.15, 0.2) is 24.3 Å². The van der Waals surface area contributed by atoms with Crippen molar-refractivity contribution in [3.8, 4) is 5.75 Å². The van der Waals surface area contributed by atoms with E-state index < -0.39 is 74.3 Å². The molecule has 8 N–H and O–H groups in total. The standard InChI is InChI=1S/C21H31NO11/c1-9(25)22-10-2-4-11(5-3-10)31-21-20(30)16(26)12(14(7-23)33-21)6-13-17(27)19(29)18(28)15(8-24)32-13/h2-5,12-21,23-24,26-30H,6-8H2,1H3,(H,22,25)/t12?,13?,14?,15?,16?,17-,18?,19?,20?,21-/m0/s1. The molecule has 1 aromatic carbocycles. The molecule has 0 spiro atoms. The molecule has 2 fully saturated rings. The first-order chi connectivity index (χ1) is 15.7. The molecule has 0 bridgehead atoms. The summed E-state index contributed by atoms with van der Waals surface area (Å²) in [4.78, 5) is 11.1. The van der Waals surface area contributed by atoms with Gasteiger partial charge >= 0.3 is 0 Å². The Balaban J connectivity index is 1.68. The molecule has 12 heteroatoms. The van der Waals surface area contributed by atoms with E-state index >= 15 is 0 Å². The fraction of sp³-hybridized carbons (Fsp3) is 0.667. The summed E-state index contributed by atoms with van der Waals surface area (Å²) in [7, 11) is 0. The van der Waals surface area contributed by atoms with Gasteiger partial charge in [0, 0.05) is 18.5 Å². The number of aliphatic hydroxyl groups excluding tert-OH is 7. The maximum absolute atomic E-state index is 11.1. The van der Waals surface area contributed by atoms with Crippen LogP contribution in [0.25, 0.3) is 0 Å². The predicted octanol–water partition coefficient (Wildman–Crippen LogP) is -2.69. The highest BCUT2D eigenvalue weighted by molar-refractivity contribution is 5.88. The summed E-state index contributed by atoms with van der Waals surface area (Å²) in [5, 5.41) is 73.2. The number of carbonyl (C=O) groups excluding carboxylic acids is 1. The van der Waals surface area contributed by atoms with Gasteiger partial charge in [-0.25, -0.2) is 0 Å². The Kier molecular flexibility index (Phi) is 8.61. The Bertz CT molecular complexity index is 774. The van der Waals surface area contributed by atoms with Crippen molar-refractivity contribution in [1.82, 2.24) is 0 Å². The summed E-state index contributed by atoms with van der Waals surface area (Å²) >= 11 is 0. The van der Waals surface area contributed by atoms with Crippen molar-refractivity contribution in [3.63, 3.8) is 0 Å². The SMILES string of the molecule is CC(=O)Nc1ccc(O[C@H]2OC(CO)C(CC3OC(CO)C(O)C(O)[C@H]3O)C(O)C2O)cc1. The van der Waals surface area contributed by atoms with E-state index in [1.807, 2.05) is 0 Å². The van der Waals surface area contributed by atoms with Crippen molar-refractivity contribution in [1.29, 1.82) is 0 Å². The maximum atomic E-state index is 11.1. The van der Waals surface area contributed by atoms with Crippen LogP contribution in [0.2, 0.25) is 0 Å². The van der Waals surface area contributed by atoms with Crippen molar-refractivity contribution >= 4 is 11.6 Å². The fourth-order valence-corrected chi connectivity index (χ4v) is 4.15. The minimum absolute atomic E-state index is 0.150. The number of ether oxygens (including phenoxy) is 3. The van der Waals surface area contributed by atoms with E-state index in [2.05, 4.69) is 5.32 Å². The largest absolute Gasteiger partial charge is 0.462 e. The molecule has 1 amide bonds. The molecule has 0 radical (unpaired) electrons. The topological polar surface area (TPSA) is 198 Å². The zero-order valence-electron chi connectivity index (χ0n) is 18.0. The monoisotopic (exact) mass is 473 g/mol. The van der Waals surface area contributed by atoms with Crippen LogP contribution in [-0.2, 0) is 14.3 Å². The molecule has 2 saturated heterocycles. The minimum atomic E-state index is -1.59. The van der Waals surface area contributed by atoms with Gasteiger partial charge in [0.2, 0.25) is 12.2 Å². The Morgan fingerprint density at radius 3 is 2.03 bits per heavy atom. The second-order valence-electron chi connectivity index (χ2n) is 8.30. The van der Waals surface area contributed by atoms with E-state index in [4.69, 9.17) is 14.2 Å². The molecule has 1 aromatic rings. The van der Waals surface area contributed by atoms with Gasteiger partial charge in [0.05, 0.1) is 31.5 Å². The molecular formula is C21H31NO11. The van der Waals surface area contributed by atoms with E-state index in [0.717, 1.165) is 0 Å². The second kappa shape index (κ2) is 11.0. The van der Waals surface area contributed by atoms with Crippen LogP contribution in [-0.4, -0.2) is 110 Å². The van der Waals surface area contributed by atoms with Crippen LogP contribution in [0.5, 0.6) is 5.75 Å². The molecule has 2 heterocycles. The molecule has 3 rings (SSSR count). The normalized spacial score (nSPS) is 39.2. The average molecular weight is 473 g/mol. The first-order valence-electron chi connectivity index (χ1n) is 10.6. The van der Waals surface area contributed by atoms with E-state index in [1.54, 1.807) is 12.1 Å². The zero-order chi connectivity index (χ0) is 24.3. The van der Waals surface area contributed by atoms with Gasteiger partial charge in [-0.05, 0) is 30.7 Å². The molecule has 10 atom stereocenters. The molecule has 0 aliphatic carbocycles. The molecule has 0 saturated carbocycles. The Labute approximate surface area is 190 Å². The lowest BCUT2D eigenvalue weighted by molar-refractivity contribution is -0.278. The third-order valence-corrected chi connectivity index (χ3v) is 5.96. The number of anilines is 1. The number of benzene rings is 1. The first-order valence-corrected chi connectivity index (χ1v) is 10.6. The molecule has 8 unspecified atom stereocenters. The molecule has 2 aliphatic rings. The van der Waals surface area contributed by atoms with Gasteiger partial charge in [0.25, 0.3) is 0 Å². The highest BCUT2D eigenvalue weighted by Gasteiger charge is 2.50. The Morgan fingerprint density at radius 2 is 1.45 bits per heavy atom. The molecule has 2 aliphatic heterocycles. The third-order valence-electron chi connectivity index (χ3n) is 5.96. The lowest BCUT2D eigenvalue weighted by Crippen LogP contribution is -2.62. The molecule has 12 nitrogen and oxygen atoms in total. The van der Waals surface area contributed by atoms with Gasteiger partial charge in [-0.2, -0.15) is 0 Å². The molecule has 0 aromatic heterocycles. The maximum Gasteiger partial charge on any atom is 0.229 e. The van der Waals surface area contributed by atoms with Crippen molar-refractivity contribution in [2.24, 2.45) is 5.92 Å². The summed E-state index contributed by atoms with van der Waals surface area (Å²) in [6, 6.07) is 6.21. The average Bonchev–Trinajstić information content (AvgIpc) is 2.79. The summed E-state index contributed by atoms with van der Waals surface area (Å²) in [6.45, 7) is 0.217. The zero-order valence-corrected chi connectivity index (χ0v) is 18.0.